The Morgan fingerprint density at radius 3 is 3.10 bits per heavy atom. The van der Waals surface area contributed by atoms with Gasteiger partial charge in [-0.3, -0.25) is 9.59 Å². The number of anilines is 1. The molecular formula is C14H17N5O2. The quantitative estimate of drug-likeness (QED) is 0.831. The fourth-order valence-corrected chi connectivity index (χ4v) is 2.69. The smallest absolute Gasteiger partial charge is 0.258 e. The number of aromatic nitrogens is 3. The maximum atomic E-state index is 12.0. The summed E-state index contributed by atoms with van der Waals surface area (Å²) in [6, 6.07) is 1.89. The average Bonchev–Trinajstić information content (AvgIpc) is 2.86. The summed E-state index contributed by atoms with van der Waals surface area (Å²) in [5, 5.41) is 3.44. The summed E-state index contributed by atoms with van der Waals surface area (Å²) in [7, 11) is 0. The van der Waals surface area contributed by atoms with Gasteiger partial charge in [-0.1, -0.05) is 0 Å². The van der Waals surface area contributed by atoms with E-state index in [0.717, 1.165) is 18.8 Å². The lowest BCUT2D eigenvalue weighted by atomic mass is 10.2. The zero-order chi connectivity index (χ0) is 15.0. The Labute approximate surface area is 121 Å². The van der Waals surface area contributed by atoms with Crippen LogP contribution in [0.25, 0.3) is 10.9 Å². The fourth-order valence-electron chi connectivity index (χ4n) is 2.69. The second kappa shape index (κ2) is 5.16. The standard InChI is InChI=1S/C14H17N5O2/c1-8-16-12-6-15-13(5-11(12)14(21)17-8)19-4-3-10(7-19)18-9(2)20/h5-6,10H,3-4,7H2,1-2H3,(H,18,20)(H,16,17,21)/t10-/m1/s1. The molecule has 0 spiro atoms. The summed E-state index contributed by atoms with van der Waals surface area (Å²) < 4.78 is 0. The molecule has 0 aliphatic carbocycles. The Morgan fingerprint density at radius 1 is 1.52 bits per heavy atom. The van der Waals surface area contributed by atoms with E-state index in [1.807, 2.05) is 0 Å². The Hall–Kier alpha value is -2.44. The molecule has 2 N–H and O–H groups in total. The first-order chi connectivity index (χ1) is 10.0. The number of carbonyl (C=O) groups is 1. The van der Waals surface area contributed by atoms with Gasteiger partial charge in [0.1, 0.15) is 11.6 Å². The number of hydrogen-bond acceptors (Lipinski definition) is 5. The minimum atomic E-state index is -0.154. The number of nitrogens with zero attached hydrogens (tertiary/aromatic N) is 3. The maximum absolute atomic E-state index is 12.0. The molecule has 1 fully saturated rings. The van der Waals surface area contributed by atoms with E-state index in [1.54, 1.807) is 19.2 Å². The molecule has 7 nitrogen and oxygen atoms in total. The number of aryl methyl sites for hydroxylation is 1. The Morgan fingerprint density at radius 2 is 2.33 bits per heavy atom. The van der Waals surface area contributed by atoms with Crippen LogP contribution in [0.3, 0.4) is 0 Å². The summed E-state index contributed by atoms with van der Waals surface area (Å²) >= 11 is 0. The molecule has 1 atom stereocenters. The van der Waals surface area contributed by atoms with Crippen molar-refractivity contribution in [2.45, 2.75) is 26.3 Å². The Balaban J connectivity index is 1.89. The molecule has 2 aromatic rings. The van der Waals surface area contributed by atoms with E-state index in [1.165, 1.54) is 6.92 Å². The van der Waals surface area contributed by atoms with Gasteiger partial charge in [-0.2, -0.15) is 0 Å². The SMILES string of the molecule is CC(=O)N[C@@H]1CCN(c2cc3c(=O)[nH]c(C)nc3cn2)C1. The molecule has 1 aliphatic rings. The molecule has 3 heterocycles. The van der Waals surface area contributed by atoms with Gasteiger partial charge in [0.25, 0.3) is 5.56 Å². The van der Waals surface area contributed by atoms with E-state index in [-0.39, 0.29) is 17.5 Å². The number of fused-ring (bicyclic) bond motifs is 1. The lowest BCUT2D eigenvalue weighted by Crippen LogP contribution is -2.35. The highest BCUT2D eigenvalue weighted by Crippen LogP contribution is 2.20. The van der Waals surface area contributed by atoms with Gasteiger partial charge in [0.15, 0.2) is 0 Å². The first kappa shape index (κ1) is 13.5. The molecule has 0 radical (unpaired) electrons. The lowest BCUT2D eigenvalue weighted by Gasteiger charge is -2.17. The third kappa shape index (κ3) is 2.72. The summed E-state index contributed by atoms with van der Waals surface area (Å²) in [6.07, 6.45) is 2.50. The van der Waals surface area contributed by atoms with Gasteiger partial charge < -0.3 is 15.2 Å². The van der Waals surface area contributed by atoms with E-state index in [4.69, 9.17) is 0 Å². The van der Waals surface area contributed by atoms with Crippen molar-refractivity contribution in [3.05, 3.63) is 28.4 Å². The van der Waals surface area contributed by atoms with E-state index in [9.17, 15) is 9.59 Å². The van der Waals surface area contributed by atoms with Gasteiger partial charge in [-0.15, -0.1) is 0 Å². The van der Waals surface area contributed by atoms with Gasteiger partial charge in [-0.25, -0.2) is 9.97 Å². The van der Waals surface area contributed by atoms with Crippen molar-refractivity contribution >= 4 is 22.6 Å². The summed E-state index contributed by atoms with van der Waals surface area (Å²) in [5.41, 5.74) is 0.441. The zero-order valence-electron chi connectivity index (χ0n) is 12.0. The van der Waals surface area contributed by atoms with Crippen LogP contribution in [0.15, 0.2) is 17.1 Å². The first-order valence-corrected chi connectivity index (χ1v) is 6.91. The van der Waals surface area contributed by atoms with Crippen molar-refractivity contribution in [2.24, 2.45) is 0 Å². The normalized spacial score (nSPS) is 18.2. The number of amides is 1. The highest BCUT2D eigenvalue weighted by molar-refractivity contribution is 5.79. The predicted molar refractivity (Wildman–Crippen MR) is 79.3 cm³/mol. The van der Waals surface area contributed by atoms with E-state index in [0.29, 0.717) is 23.3 Å². The van der Waals surface area contributed by atoms with Crippen molar-refractivity contribution in [1.29, 1.82) is 0 Å². The topological polar surface area (TPSA) is 91.0 Å². The van der Waals surface area contributed by atoms with Crippen molar-refractivity contribution in [1.82, 2.24) is 20.3 Å². The lowest BCUT2D eigenvalue weighted by molar-refractivity contribution is -0.119. The van der Waals surface area contributed by atoms with Gasteiger partial charge in [-0.05, 0) is 19.4 Å². The fraction of sp³-hybridized carbons (Fsp3) is 0.429. The monoisotopic (exact) mass is 287 g/mol. The third-order valence-corrected chi connectivity index (χ3v) is 3.62. The molecule has 0 unspecified atom stereocenters. The van der Waals surface area contributed by atoms with Crippen LogP contribution in [0.2, 0.25) is 0 Å². The van der Waals surface area contributed by atoms with Crippen LogP contribution < -0.4 is 15.8 Å². The Kier molecular flexibility index (Phi) is 3.32. The second-order valence-electron chi connectivity index (χ2n) is 5.34. The average molecular weight is 287 g/mol. The van der Waals surface area contributed by atoms with Crippen molar-refractivity contribution in [2.75, 3.05) is 18.0 Å². The molecular weight excluding hydrogens is 270 g/mol. The van der Waals surface area contributed by atoms with Crippen LogP contribution in [0.5, 0.6) is 0 Å². The van der Waals surface area contributed by atoms with Crippen LogP contribution in [-0.2, 0) is 4.79 Å². The van der Waals surface area contributed by atoms with E-state index in [2.05, 4.69) is 25.2 Å². The molecule has 3 rings (SSSR count). The minimum Gasteiger partial charge on any atom is -0.354 e. The molecule has 1 aliphatic heterocycles. The number of H-pyrrole nitrogens is 1. The number of carbonyl (C=O) groups excluding carboxylic acids is 1. The molecule has 1 saturated heterocycles. The Bertz CT molecular complexity index is 755. The maximum Gasteiger partial charge on any atom is 0.258 e. The van der Waals surface area contributed by atoms with Crippen molar-refractivity contribution < 1.29 is 4.79 Å². The molecule has 7 heteroatoms. The number of aromatic amines is 1. The first-order valence-electron chi connectivity index (χ1n) is 6.91. The van der Waals surface area contributed by atoms with Crippen LogP contribution >= 0.6 is 0 Å². The van der Waals surface area contributed by atoms with Gasteiger partial charge in [0, 0.05) is 26.1 Å². The molecule has 2 aromatic heterocycles. The molecule has 1 amide bonds. The number of rotatable bonds is 2. The summed E-state index contributed by atoms with van der Waals surface area (Å²) in [4.78, 5) is 36.5. The molecule has 0 aromatic carbocycles. The summed E-state index contributed by atoms with van der Waals surface area (Å²) in [5.74, 6) is 1.30. The van der Waals surface area contributed by atoms with E-state index >= 15 is 0 Å². The highest BCUT2D eigenvalue weighted by atomic mass is 16.1. The third-order valence-electron chi connectivity index (χ3n) is 3.62. The van der Waals surface area contributed by atoms with Crippen LogP contribution in [0.1, 0.15) is 19.2 Å². The largest absolute Gasteiger partial charge is 0.354 e. The minimum absolute atomic E-state index is 0.0237. The highest BCUT2D eigenvalue weighted by Gasteiger charge is 2.24. The molecule has 110 valence electrons. The van der Waals surface area contributed by atoms with Gasteiger partial charge in [0.05, 0.1) is 17.1 Å². The number of pyridine rings is 1. The van der Waals surface area contributed by atoms with Crippen molar-refractivity contribution in [3.63, 3.8) is 0 Å². The van der Waals surface area contributed by atoms with Gasteiger partial charge in [0.2, 0.25) is 5.91 Å². The van der Waals surface area contributed by atoms with Crippen molar-refractivity contribution in [3.8, 4) is 0 Å². The van der Waals surface area contributed by atoms with Crippen LogP contribution in [-0.4, -0.2) is 40.0 Å². The van der Waals surface area contributed by atoms with E-state index < -0.39 is 0 Å². The molecule has 0 saturated carbocycles. The van der Waals surface area contributed by atoms with Gasteiger partial charge >= 0.3 is 0 Å². The van der Waals surface area contributed by atoms with Crippen LogP contribution in [0.4, 0.5) is 5.82 Å². The number of hydrogen-bond donors (Lipinski definition) is 2. The van der Waals surface area contributed by atoms with Crippen LogP contribution in [0, 0.1) is 6.92 Å². The second-order valence-corrected chi connectivity index (χ2v) is 5.34. The molecule has 21 heavy (non-hydrogen) atoms. The molecule has 0 bridgehead atoms. The summed E-state index contributed by atoms with van der Waals surface area (Å²) in [6.45, 7) is 4.77. The number of nitrogens with one attached hydrogen (secondary N) is 2. The zero-order valence-corrected chi connectivity index (χ0v) is 12.0. The predicted octanol–water partition coefficient (Wildman–Crippen LogP) is 0.341.